The third kappa shape index (κ3) is 4.74. The lowest BCUT2D eigenvalue weighted by Crippen LogP contribution is -2.25. The van der Waals surface area contributed by atoms with Crippen molar-refractivity contribution >= 4 is 11.6 Å². The van der Waals surface area contributed by atoms with Crippen molar-refractivity contribution in [1.82, 2.24) is 5.43 Å². The first-order valence-corrected chi connectivity index (χ1v) is 7.14. The second kappa shape index (κ2) is 7.41. The molecule has 0 heterocycles. The molecule has 2 rings (SSSR count). The largest absolute Gasteiger partial charge is 0.484 e. The fraction of sp³-hybridized carbons (Fsp3) is 0.222. The third-order valence-corrected chi connectivity index (χ3v) is 3.18. The molecular weight excluding hydrogens is 276 g/mol. The van der Waals surface area contributed by atoms with Crippen LogP contribution in [-0.2, 0) is 4.79 Å². The molecule has 0 bridgehead atoms. The number of nitrogens with zero attached hydrogens (tertiary/aromatic N) is 1. The van der Waals surface area contributed by atoms with Crippen molar-refractivity contribution in [2.45, 2.75) is 20.8 Å². The molecule has 0 fully saturated rings. The second-order valence-electron chi connectivity index (χ2n) is 5.20. The molecule has 22 heavy (non-hydrogen) atoms. The van der Waals surface area contributed by atoms with Gasteiger partial charge in [0.05, 0.1) is 5.71 Å². The zero-order valence-corrected chi connectivity index (χ0v) is 13.1. The van der Waals surface area contributed by atoms with E-state index in [-0.39, 0.29) is 12.5 Å². The van der Waals surface area contributed by atoms with E-state index < -0.39 is 0 Å². The molecule has 4 heteroatoms. The lowest BCUT2D eigenvalue weighted by molar-refractivity contribution is -0.123. The highest BCUT2D eigenvalue weighted by Crippen LogP contribution is 2.11. The van der Waals surface area contributed by atoms with E-state index in [1.54, 1.807) is 0 Å². The molecule has 0 spiro atoms. The molecule has 0 radical (unpaired) electrons. The number of carbonyl (C=O) groups excluding carboxylic acids is 1. The Morgan fingerprint density at radius 3 is 2.50 bits per heavy atom. The molecule has 1 amide bonds. The van der Waals surface area contributed by atoms with E-state index in [0.29, 0.717) is 5.75 Å². The predicted octanol–water partition coefficient (Wildman–Crippen LogP) is 3.22. The van der Waals surface area contributed by atoms with Crippen molar-refractivity contribution in [2.75, 3.05) is 6.61 Å². The van der Waals surface area contributed by atoms with Crippen molar-refractivity contribution in [3.63, 3.8) is 0 Å². The molecule has 4 nitrogen and oxygen atoms in total. The summed E-state index contributed by atoms with van der Waals surface area (Å²) in [5.41, 5.74) is 6.51. The first-order valence-electron chi connectivity index (χ1n) is 7.14. The number of benzene rings is 2. The van der Waals surface area contributed by atoms with Gasteiger partial charge in [0.25, 0.3) is 5.91 Å². The number of ether oxygens (including phenoxy) is 1. The zero-order chi connectivity index (χ0) is 15.9. The number of carbonyl (C=O) groups is 1. The number of hydrazone groups is 1. The van der Waals surface area contributed by atoms with Crippen LogP contribution < -0.4 is 10.2 Å². The van der Waals surface area contributed by atoms with Crippen LogP contribution in [0.25, 0.3) is 0 Å². The molecule has 0 atom stereocenters. The highest BCUT2D eigenvalue weighted by Gasteiger charge is 2.03. The van der Waals surface area contributed by atoms with Gasteiger partial charge in [0.2, 0.25) is 0 Å². The van der Waals surface area contributed by atoms with Crippen LogP contribution in [0.3, 0.4) is 0 Å². The summed E-state index contributed by atoms with van der Waals surface area (Å²) < 4.78 is 5.42. The van der Waals surface area contributed by atoms with Crippen LogP contribution >= 0.6 is 0 Å². The van der Waals surface area contributed by atoms with E-state index in [1.165, 1.54) is 5.56 Å². The van der Waals surface area contributed by atoms with Gasteiger partial charge >= 0.3 is 0 Å². The summed E-state index contributed by atoms with van der Waals surface area (Å²) in [6.45, 7) is 5.79. The lowest BCUT2D eigenvalue weighted by Gasteiger charge is -2.06. The van der Waals surface area contributed by atoms with E-state index in [4.69, 9.17) is 4.74 Å². The van der Waals surface area contributed by atoms with Gasteiger partial charge in [-0.15, -0.1) is 0 Å². The number of amides is 1. The molecule has 2 aromatic rings. The van der Waals surface area contributed by atoms with Gasteiger partial charge in [-0.2, -0.15) is 5.10 Å². The van der Waals surface area contributed by atoms with Crippen molar-refractivity contribution in [1.29, 1.82) is 0 Å². The summed E-state index contributed by atoms with van der Waals surface area (Å²) in [4.78, 5) is 11.7. The molecule has 0 unspecified atom stereocenters. The number of rotatable bonds is 5. The summed E-state index contributed by atoms with van der Waals surface area (Å²) in [7, 11) is 0. The Morgan fingerprint density at radius 1 is 1.09 bits per heavy atom. The molecule has 0 aliphatic heterocycles. The van der Waals surface area contributed by atoms with Gasteiger partial charge in [-0.05, 0) is 44.0 Å². The topological polar surface area (TPSA) is 50.7 Å². The van der Waals surface area contributed by atoms with E-state index in [0.717, 1.165) is 16.8 Å². The average Bonchev–Trinajstić information content (AvgIpc) is 2.51. The van der Waals surface area contributed by atoms with Crippen LogP contribution in [0.15, 0.2) is 53.6 Å². The van der Waals surface area contributed by atoms with Gasteiger partial charge in [-0.3, -0.25) is 4.79 Å². The SMILES string of the molecule is C/C(=N/NC(=O)COc1cccc(C)c1)c1ccc(C)cc1. The number of nitrogens with one attached hydrogen (secondary N) is 1. The number of hydrogen-bond acceptors (Lipinski definition) is 3. The van der Waals surface area contributed by atoms with Crippen LogP contribution in [0.1, 0.15) is 23.6 Å². The Labute approximate surface area is 130 Å². The van der Waals surface area contributed by atoms with Crippen LogP contribution in [0.4, 0.5) is 0 Å². The van der Waals surface area contributed by atoms with Gasteiger partial charge in [-0.25, -0.2) is 5.43 Å². The van der Waals surface area contributed by atoms with E-state index in [2.05, 4.69) is 10.5 Å². The standard InChI is InChI=1S/C18H20N2O2/c1-13-7-9-16(10-8-13)15(3)19-20-18(21)12-22-17-6-4-5-14(2)11-17/h4-11H,12H2,1-3H3,(H,20,21)/b19-15-. The molecule has 0 saturated heterocycles. The average molecular weight is 296 g/mol. The van der Waals surface area contributed by atoms with Gasteiger partial charge in [0.1, 0.15) is 5.75 Å². The molecule has 0 aromatic heterocycles. The first-order chi connectivity index (χ1) is 10.5. The minimum atomic E-state index is -0.284. The van der Waals surface area contributed by atoms with Crippen LogP contribution in [0.5, 0.6) is 5.75 Å². The molecule has 1 N–H and O–H groups in total. The number of hydrogen-bond donors (Lipinski definition) is 1. The maximum Gasteiger partial charge on any atom is 0.277 e. The summed E-state index contributed by atoms with van der Waals surface area (Å²) in [6.07, 6.45) is 0. The van der Waals surface area contributed by atoms with Crippen LogP contribution in [-0.4, -0.2) is 18.2 Å². The van der Waals surface area contributed by atoms with Crippen molar-refractivity contribution in [2.24, 2.45) is 5.10 Å². The molecule has 2 aromatic carbocycles. The molecule has 0 saturated carbocycles. The molecular formula is C18H20N2O2. The smallest absolute Gasteiger partial charge is 0.277 e. The minimum Gasteiger partial charge on any atom is -0.484 e. The van der Waals surface area contributed by atoms with E-state index >= 15 is 0 Å². The normalized spacial score (nSPS) is 11.1. The van der Waals surface area contributed by atoms with Gasteiger partial charge in [-0.1, -0.05) is 42.0 Å². The van der Waals surface area contributed by atoms with Gasteiger partial charge < -0.3 is 4.74 Å². The Morgan fingerprint density at radius 2 is 1.82 bits per heavy atom. The highest BCUT2D eigenvalue weighted by atomic mass is 16.5. The molecule has 0 aliphatic rings. The van der Waals surface area contributed by atoms with E-state index in [9.17, 15) is 4.79 Å². The van der Waals surface area contributed by atoms with Crippen molar-refractivity contribution in [3.8, 4) is 5.75 Å². The third-order valence-electron chi connectivity index (χ3n) is 3.18. The second-order valence-corrected chi connectivity index (χ2v) is 5.20. The van der Waals surface area contributed by atoms with Gasteiger partial charge in [0, 0.05) is 0 Å². The monoisotopic (exact) mass is 296 g/mol. The predicted molar refractivity (Wildman–Crippen MR) is 88.2 cm³/mol. The summed E-state index contributed by atoms with van der Waals surface area (Å²) in [6, 6.07) is 15.5. The Kier molecular flexibility index (Phi) is 5.31. The maximum atomic E-state index is 11.7. The Bertz CT molecular complexity index is 676. The lowest BCUT2D eigenvalue weighted by atomic mass is 10.1. The highest BCUT2D eigenvalue weighted by molar-refractivity contribution is 5.99. The van der Waals surface area contributed by atoms with Crippen LogP contribution in [0.2, 0.25) is 0 Å². The molecule has 0 aliphatic carbocycles. The fourth-order valence-electron chi connectivity index (χ4n) is 1.89. The van der Waals surface area contributed by atoms with Crippen molar-refractivity contribution in [3.05, 3.63) is 65.2 Å². The summed E-state index contributed by atoms with van der Waals surface area (Å²) in [5, 5.41) is 4.09. The first kappa shape index (κ1) is 15.8. The summed E-state index contributed by atoms with van der Waals surface area (Å²) >= 11 is 0. The Balaban J connectivity index is 1.86. The minimum absolute atomic E-state index is 0.0614. The number of aryl methyl sites for hydroxylation is 2. The zero-order valence-electron chi connectivity index (χ0n) is 13.1. The fourth-order valence-corrected chi connectivity index (χ4v) is 1.89. The quantitative estimate of drug-likeness (QED) is 0.680. The van der Waals surface area contributed by atoms with Gasteiger partial charge in [0.15, 0.2) is 6.61 Å². The maximum absolute atomic E-state index is 11.7. The van der Waals surface area contributed by atoms with Crippen molar-refractivity contribution < 1.29 is 9.53 Å². The Hall–Kier alpha value is -2.62. The summed E-state index contributed by atoms with van der Waals surface area (Å²) in [5.74, 6) is 0.391. The van der Waals surface area contributed by atoms with Crippen LogP contribution in [0, 0.1) is 13.8 Å². The van der Waals surface area contributed by atoms with E-state index in [1.807, 2.05) is 69.3 Å². The molecule has 114 valence electrons.